The Morgan fingerprint density at radius 2 is 1.06 bits per heavy atom. The molecule has 0 saturated heterocycles. The molecule has 0 atom stereocenters. The molecule has 0 aliphatic carbocycles. The molecule has 0 aromatic heterocycles. The summed E-state index contributed by atoms with van der Waals surface area (Å²) in [6.07, 6.45) is 2.56. The normalized spacial score (nSPS) is 10.2. The van der Waals surface area contributed by atoms with Gasteiger partial charge in [-0.3, -0.25) is 9.59 Å². The molecule has 16 heavy (non-hydrogen) atoms. The van der Waals surface area contributed by atoms with Crippen LogP contribution in [0.25, 0.3) is 0 Å². The van der Waals surface area contributed by atoms with Gasteiger partial charge in [0.1, 0.15) is 0 Å². The van der Waals surface area contributed by atoms with Crippen LogP contribution in [0.1, 0.15) is 27.7 Å². The number of rotatable bonds is 2. The predicted octanol–water partition coefficient (Wildman–Crippen LogP) is 1.90. The Morgan fingerprint density at radius 1 is 0.875 bits per heavy atom. The van der Waals surface area contributed by atoms with Crippen molar-refractivity contribution in [3.63, 3.8) is 0 Å². The first-order valence-electron chi connectivity index (χ1n) is 4.23. The van der Waals surface area contributed by atoms with Gasteiger partial charge in [-0.15, -0.1) is 0 Å². The standard InChI is InChI=1S/2C5H8O2.O.V/c2*1-4(6)3-5(2)7;;/h2*3,6H,1-2H3;;/p+2/b2*4-3-;;. The number of aliphatic hydroxyl groups is 2. The first-order valence-corrected chi connectivity index (χ1v) is 4.80. The summed E-state index contributed by atoms with van der Waals surface area (Å²) < 4.78 is 8.19. The van der Waals surface area contributed by atoms with Gasteiger partial charge in [0.05, 0.1) is 37.5 Å². The van der Waals surface area contributed by atoms with Gasteiger partial charge in [0.25, 0.3) is 0 Å². The van der Waals surface area contributed by atoms with Gasteiger partial charge in [0, 0.05) is 0 Å². The van der Waals surface area contributed by atoms with Gasteiger partial charge in [0.15, 0.2) is 0 Å². The third kappa shape index (κ3) is 38.5. The molecule has 4 N–H and O–H groups in total. The van der Waals surface area contributed by atoms with Crippen LogP contribution in [0.2, 0.25) is 0 Å². The van der Waals surface area contributed by atoms with E-state index in [0.29, 0.717) is 0 Å². The Bertz CT molecular complexity index is 245. The molecule has 0 aliphatic rings. The van der Waals surface area contributed by atoms with Gasteiger partial charge >= 0.3 is 32.6 Å². The number of carbonyl (C=O) groups excluding carboxylic acids is 2. The molecule has 0 amide bonds. The first-order chi connectivity index (χ1) is 7.25. The molecule has 0 spiro atoms. The average Bonchev–Trinajstić information content (AvgIpc) is 2.03. The third-order valence-electron chi connectivity index (χ3n) is 0.836. The van der Waals surface area contributed by atoms with E-state index in [1.807, 2.05) is 0 Å². The number of hydrogen-bond acceptors (Lipinski definition) is 3. The number of aliphatic hydroxyl groups excluding tert-OH is 2. The molecule has 6 heteroatoms. The molecule has 0 saturated carbocycles. The van der Waals surface area contributed by atoms with Gasteiger partial charge in [0.2, 0.25) is 0 Å². The van der Waals surface area contributed by atoms with E-state index < -0.39 is 0 Å². The van der Waals surface area contributed by atoms with Crippen molar-refractivity contribution in [3.8, 4) is 0 Å². The van der Waals surface area contributed by atoms with E-state index in [2.05, 4.69) is 0 Å². The summed E-state index contributed by atoms with van der Waals surface area (Å²) in [7, 11) is 0. The summed E-state index contributed by atoms with van der Waals surface area (Å²) in [5.74, 6) is 0.500. The van der Waals surface area contributed by atoms with E-state index in [0.717, 1.165) is 17.4 Å². The molecular weight excluding hydrogens is 251 g/mol. The fourth-order valence-corrected chi connectivity index (χ4v) is 0.605. The molecule has 5 nitrogen and oxygen atoms in total. The number of hydrogen-bond donors (Lipinski definition) is 2. The van der Waals surface area contributed by atoms with E-state index in [1.54, 1.807) is 0 Å². The summed E-state index contributed by atoms with van der Waals surface area (Å²) in [4.78, 5) is 16.8. The van der Waals surface area contributed by atoms with Crippen LogP contribution in [0.3, 0.4) is 0 Å². The average molecular weight is 269 g/mol. The Kier molecular flexibility index (Phi) is 17.5. The van der Waals surface area contributed by atoms with Crippen molar-refractivity contribution in [2.24, 2.45) is 0 Å². The van der Waals surface area contributed by atoms with Gasteiger partial charge in [-0.2, -0.15) is 0 Å². The topological polar surface area (TPSA) is 100 Å². The summed E-state index contributed by atoms with van der Waals surface area (Å²) in [5, 5.41) is 16.8. The Morgan fingerprint density at radius 3 is 1.06 bits per heavy atom. The van der Waals surface area contributed by atoms with E-state index in [9.17, 15) is 0 Å². The molecule has 0 bridgehead atoms. The summed E-state index contributed by atoms with van der Waals surface area (Å²) >= 11 is 1.06. The Hall–Kier alpha value is -1.20. The maximum atomic E-state index is 8.40. The van der Waals surface area contributed by atoms with Crippen molar-refractivity contribution >= 4 is 11.6 Å². The summed E-state index contributed by atoms with van der Waals surface area (Å²) in [6.45, 7) is 6.00. The van der Waals surface area contributed by atoms with Crippen LogP contribution in [-0.2, 0) is 21.0 Å². The zero-order valence-electron chi connectivity index (χ0n) is 9.80. The van der Waals surface area contributed by atoms with Crippen molar-refractivity contribution in [3.05, 3.63) is 23.7 Å². The minimum atomic E-state index is 0.125. The van der Waals surface area contributed by atoms with Crippen molar-refractivity contribution in [1.82, 2.24) is 0 Å². The van der Waals surface area contributed by atoms with Crippen molar-refractivity contribution in [1.29, 1.82) is 0 Å². The molecular formula is C10H18O5V+2. The van der Waals surface area contributed by atoms with E-state index in [4.69, 9.17) is 23.5 Å². The monoisotopic (exact) mass is 269 g/mol. The quantitative estimate of drug-likeness (QED) is 0.454. The van der Waals surface area contributed by atoms with Crippen LogP contribution in [0.5, 0.6) is 0 Å². The minimum absolute atomic E-state index is 0.125. The Balaban J connectivity index is -0.000000183. The van der Waals surface area contributed by atoms with Crippen LogP contribution >= 0.6 is 0 Å². The molecule has 0 aromatic carbocycles. The second-order valence-electron chi connectivity index (χ2n) is 2.85. The predicted molar refractivity (Wildman–Crippen MR) is 58.7 cm³/mol. The van der Waals surface area contributed by atoms with Crippen molar-refractivity contribution in [2.75, 3.05) is 0 Å². The molecule has 0 aromatic rings. The molecule has 0 radical (unpaired) electrons. The van der Waals surface area contributed by atoms with Crippen LogP contribution in [-0.4, -0.2) is 31.4 Å². The van der Waals surface area contributed by atoms with Crippen molar-refractivity contribution in [2.45, 2.75) is 27.7 Å². The fraction of sp³-hybridized carbons (Fsp3) is 0.400. The van der Waals surface area contributed by atoms with E-state index in [1.165, 1.54) is 39.8 Å². The van der Waals surface area contributed by atoms with Crippen LogP contribution in [0.4, 0.5) is 0 Å². The summed E-state index contributed by atoms with van der Waals surface area (Å²) in [6, 6.07) is 0. The molecule has 0 aliphatic heterocycles. The van der Waals surface area contributed by atoms with Gasteiger partial charge in [-0.1, -0.05) is 0 Å². The second kappa shape index (κ2) is 13.8. The number of ketones is 2. The van der Waals surface area contributed by atoms with Gasteiger partial charge in [-0.05, 0) is 13.8 Å². The zero-order valence-corrected chi connectivity index (χ0v) is 11.2. The molecule has 0 heterocycles. The van der Waals surface area contributed by atoms with E-state index >= 15 is 0 Å². The molecule has 0 unspecified atom stereocenters. The first kappa shape index (κ1) is 20.2. The van der Waals surface area contributed by atoms with Crippen LogP contribution < -0.4 is 0 Å². The van der Waals surface area contributed by atoms with Gasteiger partial charge in [-0.25, -0.2) is 0 Å². The maximum absolute atomic E-state index is 8.40. The van der Waals surface area contributed by atoms with Crippen LogP contribution in [0, 0.1) is 0 Å². The van der Waals surface area contributed by atoms with Gasteiger partial charge < -0.3 is 10.2 Å². The zero-order chi connectivity index (χ0) is 13.7. The molecule has 0 rings (SSSR count). The third-order valence-corrected chi connectivity index (χ3v) is 0.836. The summed E-state index contributed by atoms with van der Waals surface area (Å²) in [5.41, 5.74) is 0. The Labute approximate surface area is 104 Å². The fourth-order valence-electron chi connectivity index (χ4n) is 0.605. The van der Waals surface area contributed by atoms with E-state index in [-0.39, 0.29) is 23.1 Å². The SMILES string of the molecule is CC(=[OH+])/C=C(/C)O.CC(=[OH+])/C=C(/C)O.[O]=[V]. The van der Waals surface area contributed by atoms with Crippen molar-refractivity contribution < 1.29 is 40.8 Å². The second-order valence-corrected chi connectivity index (χ2v) is 2.85. The molecule has 91 valence electrons. The van der Waals surface area contributed by atoms with Crippen LogP contribution in [0.15, 0.2) is 23.7 Å². The number of allylic oxidation sites excluding steroid dienone is 4. The molecule has 0 fully saturated rings.